The van der Waals surface area contributed by atoms with E-state index in [-0.39, 0.29) is 24.2 Å². The van der Waals surface area contributed by atoms with E-state index >= 15 is 0 Å². The van der Waals surface area contributed by atoms with E-state index in [1.807, 2.05) is 0 Å². The predicted octanol–water partition coefficient (Wildman–Crippen LogP) is 3.93. The molecule has 0 radical (unpaired) electrons. The summed E-state index contributed by atoms with van der Waals surface area (Å²) in [5.41, 5.74) is 1.43. The summed E-state index contributed by atoms with van der Waals surface area (Å²) in [6.07, 6.45) is -1.45. The van der Waals surface area contributed by atoms with Crippen molar-refractivity contribution in [2.45, 2.75) is 18.9 Å². The monoisotopic (exact) mass is 457 g/mol. The van der Waals surface area contributed by atoms with Gasteiger partial charge in [-0.15, -0.1) is 0 Å². The van der Waals surface area contributed by atoms with Crippen molar-refractivity contribution in [3.05, 3.63) is 116 Å². The number of ketones is 1. The van der Waals surface area contributed by atoms with Crippen molar-refractivity contribution in [3.63, 3.8) is 0 Å². The van der Waals surface area contributed by atoms with Crippen molar-refractivity contribution < 1.29 is 19.2 Å². The van der Waals surface area contributed by atoms with Gasteiger partial charge in [0.05, 0.1) is 22.4 Å². The minimum absolute atomic E-state index is 0.0194. The molecular weight excluding hydrogens is 438 g/mol. The number of hydrogen-bond acceptors (Lipinski definition) is 7. The van der Waals surface area contributed by atoms with Crippen LogP contribution >= 0.6 is 0 Å². The van der Waals surface area contributed by atoms with Gasteiger partial charge in [-0.05, 0) is 24.3 Å². The molecule has 1 N–H and O–H groups in total. The summed E-state index contributed by atoms with van der Waals surface area (Å²) in [6.45, 7) is 0. The summed E-state index contributed by atoms with van der Waals surface area (Å²) in [5.74, 6) is -1.17. The van der Waals surface area contributed by atoms with Gasteiger partial charge in [0.15, 0.2) is 6.10 Å². The van der Waals surface area contributed by atoms with Crippen LogP contribution in [0.15, 0.2) is 83.7 Å². The topological polar surface area (TPSA) is 132 Å². The van der Waals surface area contributed by atoms with Gasteiger partial charge < -0.3 is 9.72 Å². The molecule has 0 saturated heterocycles. The molecule has 3 aromatic carbocycles. The summed E-state index contributed by atoms with van der Waals surface area (Å²) >= 11 is 0. The fraction of sp³-hybridized carbons (Fsp3) is 0.120. The smallest absolute Gasteiger partial charge is 0.307 e. The van der Waals surface area contributed by atoms with Gasteiger partial charge in [-0.1, -0.05) is 42.5 Å². The number of fused-ring (bicyclic) bond motifs is 1. The van der Waals surface area contributed by atoms with Crippen LogP contribution in [0.2, 0.25) is 0 Å². The van der Waals surface area contributed by atoms with Crippen molar-refractivity contribution in [2.75, 3.05) is 0 Å². The molecule has 170 valence electrons. The van der Waals surface area contributed by atoms with Crippen molar-refractivity contribution >= 4 is 28.5 Å². The number of para-hydroxylation sites is 2. The first-order valence-electron chi connectivity index (χ1n) is 10.4. The number of carbonyl (C=O) groups excluding carboxylic acids is 2. The first-order chi connectivity index (χ1) is 16.4. The number of aromatic nitrogens is 2. The number of carbonyl (C=O) groups is 2. The van der Waals surface area contributed by atoms with Crippen LogP contribution in [0.3, 0.4) is 0 Å². The number of nitro groups is 1. The minimum atomic E-state index is -1.29. The van der Waals surface area contributed by atoms with E-state index in [1.165, 1.54) is 24.3 Å². The van der Waals surface area contributed by atoms with Crippen LogP contribution in [0, 0.1) is 10.1 Å². The third-order valence-corrected chi connectivity index (χ3v) is 5.19. The Labute approximate surface area is 193 Å². The number of rotatable bonds is 8. The Morgan fingerprint density at radius 3 is 2.35 bits per heavy atom. The molecule has 1 aromatic heterocycles. The molecule has 1 atom stereocenters. The van der Waals surface area contributed by atoms with Crippen molar-refractivity contribution in [2.24, 2.45) is 0 Å². The molecule has 0 fully saturated rings. The number of nitrogens with one attached hydrogen (secondary N) is 1. The standard InChI is InChI=1S/C25H19N3O6/c29-22(15-14-21-25(31)27-20-9-5-4-8-19(20)26-21)34-24(23(30)16-6-2-1-3-7-16)17-10-12-18(13-11-17)28(32)33/h1-13,24H,14-15H2,(H,27,31). The van der Waals surface area contributed by atoms with E-state index in [2.05, 4.69) is 9.97 Å². The molecule has 0 amide bonds. The quantitative estimate of drug-likeness (QED) is 0.183. The Balaban J connectivity index is 1.54. The number of benzene rings is 3. The van der Waals surface area contributed by atoms with E-state index in [0.717, 1.165) is 0 Å². The zero-order valence-electron chi connectivity index (χ0n) is 17.8. The van der Waals surface area contributed by atoms with Gasteiger partial charge >= 0.3 is 5.97 Å². The summed E-state index contributed by atoms with van der Waals surface area (Å²) in [5, 5.41) is 11.0. The van der Waals surface area contributed by atoms with Crippen LogP contribution in [-0.2, 0) is 16.0 Å². The van der Waals surface area contributed by atoms with Crippen molar-refractivity contribution in [1.82, 2.24) is 9.97 Å². The van der Waals surface area contributed by atoms with Crippen LogP contribution in [0.4, 0.5) is 5.69 Å². The molecule has 0 bridgehead atoms. The maximum Gasteiger partial charge on any atom is 0.307 e. The summed E-state index contributed by atoms with van der Waals surface area (Å²) < 4.78 is 5.50. The molecule has 4 rings (SSSR count). The average Bonchev–Trinajstić information content (AvgIpc) is 2.86. The normalized spacial score (nSPS) is 11.6. The highest BCUT2D eigenvalue weighted by atomic mass is 16.6. The van der Waals surface area contributed by atoms with E-state index in [9.17, 15) is 24.5 Å². The number of Topliss-reactive ketones (excluding diaryl/α,β-unsaturated/α-hetero) is 1. The highest BCUT2D eigenvalue weighted by Gasteiger charge is 2.27. The van der Waals surface area contributed by atoms with Crippen LogP contribution in [0.5, 0.6) is 0 Å². The first-order valence-corrected chi connectivity index (χ1v) is 10.4. The Bertz CT molecular complexity index is 1410. The number of ether oxygens (including phenoxy) is 1. The van der Waals surface area contributed by atoms with Crippen LogP contribution in [0.25, 0.3) is 11.0 Å². The Kier molecular flexibility index (Phi) is 6.54. The van der Waals surface area contributed by atoms with E-state index in [0.29, 0.717) is 22.2 Å². The van der Waals surface area contributed by atoms with Crippen LogP contribution in [0.1, 0.15) is 34.1 Å². The molecule has 9 nitrogen and oxygen atoms in total. The van der Waals surface area contributed by atoms with Crippen molar-refractivity contribution in [3.8, 4) is 0 Å². The van der Waals surface area contributed by atoms with Crippen molar-refractivity contribution in [1.29, 1.82) is 0 Å². The lowest BCUT2D eigenvalue weighted by Crippen LogP contribution is -2.22. The van der Waals surface area contributed by atoms with E-state index in [1.54, 1.807) is 54.6 Å². The number of esters is 1. The fourth-order valence-corrected chi connectivity index (χ4v) is 3.45. The highest BCUT2D eigenvalue weighted by molar-refractivity contribution is 6.01. The molecule has 9 heteroatoms. The number of H-pyrrole nitrogens is 1. The molecule has 1 unspecified atom stereocenters. The zero-order chi connectivity index (χ0) is 24.1. The molecular formula is C25H19N3O6. The number of nitro benzene ring substituents is 1. The Hall–Kier alpha value is -4.66. The van der Waals surface area contributed by atoms with Gasteiger partial charge in [0.2, 0.25) is 5.78 Å². The van der Waals surface area contributed by atoms with Gasteiger partial charge in [0.25, 0.3) is 11.2 Å². The van der Waals surface area contributed by atoms with Gasteiger partial charge in [-0.2, -0.15) is 0 Å². The molecule has 0 spiro atoms. The lowest BCUT2D eigenvalue weighted by Gasteiger charge is -2.17. The fourth-order valence-electron chi connectivity index (χ4n) is 3.45. The predicted molar refractivity (Wildman–Crippen MR) is 123 cm³/mol. The van der Waals surface area contributed by atoms with Gasteiger partial charge in [-0.3, -0.25) is 24.5 Å². The van der Waals surface area contributed by atoms with Crippen LogP contribution < -0.4 is 5.56 Å². The average molecular weight is 457 g/mol. The second kappa shape index (κ2) is 9.86. The molecule has 34 heavy (non-hydrogen) atoms. The van der Waals surface area contributed by atoms with Gasteiger partial charge in [0.1, 0.15) is 5.69 Å². The largest absolute Gasteiger partial charge is 0.449 e. The lowest BCUT2D eigenvalue weighted by molar-refractivity contribution is -0.384. The third kappa shape index (κ3) is 5.04. The van der Waals surface area contributed by atoms with E-state index in [4.69, 9.17) is 4.74 Å². The van der Waals surface area contributed by atoms with Crippen LogP contribution in [-0.4, -0.2) is 26.6 Å². The Morgan fingerprint density at radius 1 is 0.971 bits per heavy atom. The first kappa shape index (κ1) is 22.5. The molecule has 0 saturated carbocycles. The van der Waals surface area contributed by atoms with E-state index < -0.39 is 28.3 Å². The molecule has 0 aliphatic carbocycles. The Morgan fingerprint density at radius 2 is 1.65 bits per heavy atom. The summed E-state index contributed by atoms with van der Waals surface area (Å²) in [4.78, 5) is 55.5. The maximum absolute atomic E-state index is 13.1. The highest BCUT2D eigenvalue weighted by Crippen LogP contribution is 2.25. The number of nitrogens with zero attached hydrogens (tertiary/aromatic N) is 2. The van der Waals surface area contributed by atoms with Gasteiger partial charge in [-0.25, -0.2) is 4.98 Å². The molecule has 4 aromatic rings. The second-order valence-corrected chi connectivity index (χ2v) is 7.48. The number of aryl methyl sites for hydroxylation is 1. The van der Waals surface area contributed by atoms with Gasteiger partial charge in [0, 0.05) is 29.7 Å². The number of non-ortho nitro benzene ring substituents is 1. The lowest BCUT2D eigenvalue weighted by atomic mass is 9.99. The molecule has 1 heterocycles. The number of aromatic amines is 1. The zero-order valence-corrected chi connectivity index (χ0v) is 17.8. The maximum atomic E-state index is 13.1. The minimum Gasteiger partial charge on any atom is -0.449 e. The third-order valence-electron chi connectivity index (χ3n) is 5.19. The summed E-state index contributed by atoms with van der Waals surface area (Å²) in [7, 11) is 0. The number of hydrogen-bond donors (Lipinski definition) is 1. The molecule has 0 aliphatic rings. The molecule has 0 aliphatic heterocycles. The summed E-state index contributed by atoms with van der Waals surface area (Å²) in [6, 6.07) is 20.6. The second-order valence-electron chi connectivity index (χ2n) is 7.48. The SMILES string of the molecule is O=C(CCc1nc2ccccc2[nH]c1=O)OC(C(=O)c1ccccc1)c1ccc([N+](=O)[O-])cc1.